The summed E-state index contributed by atoms with van der Waals surface area (Å²) in [5.74, 6) is -0.680. The molecule has 1 aliphatic heterocycles. The third-order valence-electron chi connectivity index (χ3n) is 4.98. The van der Waals surface area contributed by atoms with Gasteiger partial charge in [-0.15, -0.1) is 0 Å². The van der Waals surface area contributed by atoms with Crippen LogP contribution in [0.1, 0.15) is 40.3 Å². The number of benzene rings is 1. The monoisotopic (exact) mass is 370 g/mol. The molecular formula is C21H26N2O4. The molecule has 0 saturated carbocycles. The van der Waals surface area contributed by atoms with E-state index in [1.54, 1.807) is 4.90 Å². The molecule has 1 aromatic carbocycles. The minimum absolute atomic E-state index is 0.206. The first kappa shape index (κ1) is 19.2. The van der Waals surface area contributed by atoms with Crippen molar-refractivity contribution in [2.45, 2.75) is 33.4 Å². The molecule has 3 rings (SSSR count). The van der Waals surface area contributed by atoms with Crippen molar-refractivity contribution in [3.05, 3.63) is 58.9 Å². The lowest BCUT2D eigenvalue weighted by Crippen LogP contribution is -2.44. The van der Waals surface area contributed by atoms with Gasteiger partial charge in [-0.25, -0.2) is 4.79 Å². The minimum Gasteiger partial charge on any atom is -0.444 e. The van der Waals surface area contributed by atoms with Crippen molar-refractivity contribution in [3.8, 4) is 0 Å². The van der Waals surface area contributed by atoms with Crippen LogP contribution in [0.4, 0.5) is 0 Å². The van der Waals surface area contributed by atoms with Crippen LogP contribution in [0.15, 0.2) is 36.4 Å². The van der Waals surface area contributed by atoms with E-state index in [2.05, 4.69) is 4.57 Å². The van der Waals surface area contributed by atoms with E-state index in [-0.39, 0.29) is 5.91 Å². The number of hydrogen-bond donors (Lipinski definition) is 0. The smallest absolute Gasteiger partial charge is 0.341 e. The highest BCUT2D eigenvalue weighted by molar-refractivity contribution is 5.94. The molecule has 27 heavy (non-hydrogen) atoms. The summed E-state index contributed by atoms with van der Waals surface area (Å²) >= 11 is 0. The molecule has 0 N–H and O–H groups in total. The van der Waals surface area contributed by atoms with Crippen LogP contribution in [-0.4, -0.2) is 47.6 Å². The maximum absolute atomic E-state index is 13.1. The summed E-state index contributed by atoms with van der Waals surface area (Å²) in [5.41, 5.74) is 3.03. The van der Waals surface area contributed by atoms with E-state index < -0.39 is 12.1 Å². The fraction of sp³-hybridized carbons (Fsp3) is 0.429. The van der Waals surface area contributed by atoms with Crippen molar-refractivity contribution in [2.75, 3.05) is 26.3 Å². The second kappa shape index (κ2) is 8.39. The Morgan fingerprint density at radius 2 is 1.81 bits per heavy atom. The van der Waals surface area contributed by atoms with E-state index in [9.17, 15) is 9.59 Å². The Morgan fingerprint density at radius 3 is 2.41 bits per heavy atom. The molecule has 1 aromatic heterocycles. The van der Waals surface area contributed by atoms with Crippen molar-refractivity contribution < 1.29 is 19.1 Å². The fourth-order valence-corrected chi connectivity index (χ4v) is 3.50. The number of amides is 1. The number of esters is 1. The molecule has 144 valence electrons. The fourth-order valence-electron chi connectivity index (χ4n) is 3.50. The van der Waals surface area contributed by atoms with Gasteiger partial charge in [0.05, 0.1) is 18.8 Å². The van der Waals surface area contributed by atoms with Crippen LogP contribution in [0.2, 0.25) is 0 Å². The van der Waals surface area contributed by atoms with Gasteiger partial charge in [0, 0.05) is 36.6 Å². The molecule has 1 aliphatic rings. The van der Waals surface area contributed by atoms with Gasteiger partial charge >= 0.3 is 5.97 Å². The zero-order chi connectivity index (χ0) is 19.4. The number of morpholine rings is 1. The summed E-state index contributed by atoms with van der Waals surface area (Å²) in [7, 11) is 0. The summed E-state index contributed by atoms with van der Waals surface area (Å²) in [6.07, 6.45) is -0.957. The standard InChI is InChI=1S/C21H26N2O4/c1-4-23-15(2)14-18(16(23)3)21(25)27-19(17-8-6-5-7-9-17)20(24)22-10-12-26-13-11-22/h5-9,14,19H,4,10-13H2,1-3H3/t19-/m1/s1. The Balaban J connectivity index is 1.87. The van der Waals surface area contributed by atoms with Crippen LogP contribution in [-0.2, 0) is 20.8 Å². The first-order valence-electron chi connectivity index (χ1n) is 9.32. The second-order valence-corrected chi connectivity index (χ2v) is 6.66. The van der Waals surface area contributed by atoms with Gasteiger partial charge in [0.2, 0.25) is 6.10 Å². The zero-order valence-corrected chi connectivity index (χ0v) is 16.1. The van der Waals surface area contributed by atoms with Gasteiger partial charge < -0.3 is 18.9 Å². The third kappa shape index (κ3) is 4.06. The number of carbonyl (C=O) groups is 2. The number of ether oxygens (including phenoxy) is 2. The molecule has 0 bridgehead atoms. The lowest BCUT2D eigenvalue weighted by atomic mass is 10.1. The van der Waals surface area contributed by atoms with Gasteiger partial charge in [-0.3, -0.25) is 4.79 Å². The molecule has 0 unspecified atom stereocenters. The summed E-state index contributed by atoms with van der Waals surface area (Å²) in [4.78, 5) is 27.7. The first-order chi connectivity index (χ1) is 13.0. The van der Waals surface area contributed by atoms with Crippen LogP contribution in [0.3, 0.4) is 0 Å². The quantitative estimate of drug-likeness (QED) is 0.760. The van der Waals surface area contributed by atoms with Crippen molar-refractivity contribution in [2.24, 2.45) is 0 Å². The summed E-state index contributed by atoms with van der Waals surface area (Å²) in [6, 6.07) is 11.0. The Labute approximate surface area is 159 Å². The summed E-state index contributed by atoms with van der Waals surface area (Å²) < 4.78 is 13.1. The number of carbonyl (C=O) groups excluding carboxylic acids is 2. The highest BCUT2D eigenvalue weighted by atomic mass is 16.5. The van der Waals surface area contributed by atoms with E-state index >= 15 is 0 Å². The molecule has 1 saturated heterocycles. The van der Waals surface area contributed by atoms with E-state index in [0.717, 1.165) is 17.9 Å². The Kier molecular flexibility index (Phi) is 5.96. The molecule has 1 amide bonds. The van der Waals surface area contributed by atoms with Crippen molar-refractivity contribution in [1.82, 2.24) is 9.47 Å². The average molecular weight is 370 g/mol. The molecule has 2 heterocycles. The lowest BCUT2D eigenvalue weighted by molar-refractivity contribution is -0.145. The summed E-state index contributed by atoms with van der Waals surface area (Å²) in [6.45, 7) is 8.67. The van der Waals surface area contributed by atoms with Crippen LogP contribution in [0.5, 0.6) is 0 Å². The van der Waals surface area contributed by atoms with Crippen LogP contribution in [0, 0.1) is 13.8 Å². The molecule has 1 atom stereocenters. The van der Waals surface area contributed by atoms with Crippen molar-refractivity contribution in [3.63, 3.8) is 0 Å². The second-order valence-electron chi connectivity index (χ2n) is 6.66. The highest BCUT2D eigenvalue weighted by Crippen LogP contribution is 2.24. The normalized spacial score (nSPS) is 15.4. The summed E-state index contributed by atoms with van der Waals surface area (Å²) in [5, 5.41) is 0. The predicted molar refractivity (Wildman–Crippen MR) is 102 cm³/mol. The molecule has 6 heteroatoms. The molecule has 6 nitrogen and oxygen atoms in total. The van der Waals surface area contributed by atoms with Gasteiger partial charge in [0.15, 0.2) is 0 Å². The molecular weight excluding hydrogens is 344 g/mol. The molecule has 0 aliphatic carbocycles. The van der Waals surface area contributed by atoms with E-state index in [1.165, 1.54) is 0 Å². The predicted octanol–water partition coefficient (Wildman–Crippen LogP) is 2.88. The minimum atomic E-state index is -0.957. The van der Waals surface area contributed by atoms with Gasteiger partial charge in [0.25, 0.3) is 5.91 Å². The number of hydrogen-bond acceptors (Lipinski definition) is 4. The number of aryl methyl sites for hydroxylation is 1. The topological polar surface area (TPSA) is 60.8 Å². The molecule has 0 spiro atoms. The van der Waals surface area contributed by atoms with Gasteiger partial charge in [0.1, 0.15) is 0 Å². The first-order valence-corrected chi connectivity index (χ1v) is 9.32. The lowest BCUT2D eigenvalue weighted by Gasteiger charge is -2.30. The van der Waals surface area contributed by atoms with Crippen molar-refractivity contribution >= 4 is 11.9 Å². The molecule has 2 aromatic rings. The largest absolute Gasteiger partial charge is 0.444 e. The van der Waals surface area contributed by atoms with Gasteiger partial charge in [-0.05, 0) is 26.8 Å². The van der Waals surface area contributed by atoms with Gasteiger partial charge in [-0.1, -0.05) is 30.3 Å². The Morgan fingerprint density at radius 1 is 1.15 bits per heavy atom. The van der Waals surface area contributed by atoms with Gasteiger partial charge in [-0.2, -0.15) is 0 Å². The highest BCUT2D eigenvalue weighted by Gasteiger charge is 2.31. The number of aromatic nitrogens is 1. The van der Waals surface area contributed by atoms with E-state index in [1.807, 2.05) is 57.2 Å². The van der Waals surface area contributed by atoms with Crippen LogP contribution in [0.25, 0.3) is 0 Å². The number of rotatable bonds is 5. The SMILES string of the molecule is CCn1c(C)cc(C(=O)O[C@@H](C(=O)N2CCOCC2)c2ccccc2)c1C. The van der Waals surface area contributed by atoms with Crippen molar-refractivity contribution in [1.29, 1.82) is 0 Å². The zero-order valence-electron chi connectivity index (χ0n) is 16.1. The number of nitrogens with zero attached hydrogens (tertiary/aromatic N) is 2. The van der Waals surface area contributed by atoms with E-state index in [0.29, 0.717) is 37.4 Å². The average Bonchev–Trinajstić information content (AvgIpc) is 3.00. The molecule has 0 radical (unpaired) electrons. The Hall–Kier alpha value is -2.60. The maximum atomic E-state index is 13.1. The Bertz CT molecular complexity index is 807. The maximum Gasteiger partial charge on any atom is 0.341 e. The van der Waals surface area contributed by atoms with E-state index in [4.69, 9.17) is 9.47 Å². The van der Waals surface area contributed by atoms with Crippen LogP contribution >= 0.6 is 0 Å². The van der Waals surface area contributed by atoms with Crippen LogP contribution < -0.4 is 0 Å². The third-order valence-corrected chi connectivity index (χ3v) is 4.98. The molecule has 1 fully saturated rings.